The molecule has 2 rings (SSSR count). The van der Waals surface area contributed by atoms with Gasteiger partial charge < -0.3 is 20.4 Å². The first-order chi connectivity index (χ1) is 10.2. The fraction of sp³-hybridized carbons (Fsp3) is 0.938. The van der Waals surface area contributed by atoms with Gasteiger partial charge in [0.25, 0.3) is 0 Å². The number of nitrogens with zero attached hydrogens (tertiary/aromatic N) is 3. The van der Waals surface area contributed by atoms with E-state index in [4.69, 9.17) is 4.99 Å². The Bertz CT molecular complexity index is 336. The highest BCUT2D eigenvalue weighted by Gasteiger charge is 2.33. The molecule has 0 amide bonds. The van der Waals surface area contributed by atoms with Crippen molar-refractivity contribution in [2.24, 2.45) is 10.9 Å². The summed E-state index contributed by atoms with van der Waals surface area (Å²) in [5.74, 6) is 1.81. The molecule has 0 bridgehead atoms. The summed E-state index contributed by atoms with van der Waals surface area (Å²) in [6.45, 7) is 12.3. The summed E-state index contributed by atoms with van der Waals surface area (Å²) < 4.78 is 0. The number of guanidine groups is 1. The van der Waals surface area contributed by atoms with E-state index in [1.165, 1.54) is 45.6 Å². The topological polar surface area (TPSA) is 42.9 Å². The zero-order valence-corrected chi connectivity index (χ0v) is 16.8. The van der Waals surface area contributed by atoms with Gasteiger partial charge in [-0.2, -0.15) is 0 Å². The fourth-order valence-corrected chi connectivity index (χ4v) is 2.83. The molecule has 2 atom stereocenters. The molecule has 2 N–H and O–H groups in total. The molecule has 0 spiro atoms. The smallest absolute Gasteiger partial charge is 0.191 e. The van der Waals surface area contributed by atoms with Crippen LogP contribution in [0.15, 0.2) is 4.99 Å². The van der Waals surface area contributed by atoms with Gasteiger partial charge in [-0.05, 0) is 58.8 Å². The Balaban J connectivity index is 0.00000242. The lowest BCUT2D eigenvalue weighted by Crippen LogP contribution is -2.39. The Hall–Kier alpha value is -0.0800. The van der Waals surface area contributed by atoms with Crippen LogP contribution in [0.4, 0.5) is 0 Å². The van der Waals surface area contributed by atoms with Crippen molar-refractivity contribution in [3.8, 4) is 0 Å². The Morgan fingerprint density at radius 3 is 2.68 bits per heavy atom. The number of hydrogen-bond donors (Lipinski definition) is 2. The quantitative estimate of drug-likeness (QED) is 0.295. The van der Waals surface area contributed by atoms with Crippen molar-refractivity contribution < 1.29 is 0 Å². The third-order valence-electron chi connectivity index (χ3n) is 4.49. The van der Waals surface area contributed by atoms with E-state index in [9.17, 15) is 0 Å². The van der Waals surface area contributed by atoms with Crippen LogP contribution in [0.2, 0.25) is 0 Å². The van der Waals surface area contributed by atoms with Crippen LogP contribution in [0.3, 0.4) is 0 Å². The molecule has 0 aromatic heterocycles. The third kappa shape index (κ3) is 7.46. The molecule has 0 aromatic rings. The zero-order chi connectivity index (χ0) is 15.1. The van der Waals surface area contributed by atoms with Crippen molar-refractivity contribution >= 4 is 29.9 Å². The highest BCUT2D eigenvalue weighted by atomic mass is 127. The summed E-state index contributed by atoms with van der Waals surface area (Å²) in [6, 6.07) is 0.643. The zero-order valence-electron chi connectivity index (χ0n) is 14.5. The van der Waals surface area contributed by atoms with Crippen LogP contribution in [0.5, 0.6) is 0 Å². The van der Waals surface area contributed by atoms with Gasteiger partial charge in [0.05, 0.1) is 0 Å². The van der Waals surface area contributed by atoms with Crippen molar-refractivity contribution in [2.45, 2.75) is 39.2 Å². The van der Waals surface area contributed by atoms with Gasteiger partial charge in [0.15, 0.2) is 5.96 Å². The van der Waals surface area contributed by atoms with Crippen molar-refractivity contribution in [2.75, 3.05) is 52.9 Å². The van der Waals surface area contributed by atoms with Gasteiger partial charge in [0.2, 0.25) is 0 Å². The molecule has 1 saturated heterocycles. The molecule has 22 heavy (non-hydrogen) atoms. The highest BCUT2D eigenvalue weighted by molar-refractivity contribution is 14.0. The lowest BCUT2D eigenvalue weighted by molar-refractivity contribution is 0.275. The van der Waals surface area contributed by atoms with Crippen molar-refractivity contribution in [1.82, 2.24) is 20.4 Å². The SMILES string of the molecule is CCNC(=NCCCN1CCCN(C)CC1)NC1CC1C.I. The van der Waals surface area contributed by atoms with Crippen LogP contribution >= 0.6 is 24.0 Å². The van der Waals surface area contributed by atoms with Gasteiger partial charge in [-0.15, -0.1) is 24.0 Å². The first-order valence-corrected chi connectivity index (χ1v) is 8.64. The van der Waals surface area contributed by atoms with E-state index in [-0.39, 0.29) is 24.0 Å². The van der Waals surface area contributed by atoms with Crippen molar-refractivity contribution in [3.05, 3.63) is 0 Å². The standard InChI is InChI=1S/C16H33N5.HI/c1-4-17-16(19-15-13-14(15)2)18-7-5-9-21-10-6-8-20(3)11-12-21;/h14-15H,4-13H2,1-3H3,(H2,17,18,19);1H. The maximum absolute atomic E-state index is 4.71. The van der Waals surface area contributed by atoms with E-state index in [1.807, 2.05) is 0 Å². The monoisotopic (exact) mass is 423 g/mol. The summed E-state index contributed by atoms with van der Waals surface area (Å²) in [5.41, 5.74) is 0. The second-order valence-corrected chi connectivity index (χ2v) is 6.58. The van der Waals surface area contributed by atoms with Crippen LogP contribution in [0.1, 0.15) is 33.1 Å². The number of nitrogens with one attached hydrogen (secondary N) is 2. The predicted octanol–water partition coefficient (Wildman–Crippen LogP) is 1.60. The molecule has 0 aromatic carbocycles. The maximum Gasteiger partial charge on any atom is 0.191 e. The molecule has 2 unspecified atom stereocenters. The lowest BCUT2D eigenvalue weighted by atomic mass is 10.3. The van der Waals surface area contributed by atoms with Crippen molar-refractivity contribution in [1.29, 1.82) is 0 Å². The number of rotatable bonds is 6. The highest BCUT2D eigenvalue weighted by Crippen LogP contribution is 2.28. The Morgan fingerprint density at radius 2 is 2.00 bits per heavy atom. The van der Waals surface area contributed by atoms with Crippen LogP contribution in [0.25, 0.3) is 0 Å². The van der Waals surface area contributed by atoms with Gasteiger partial charge in [-0.25, -0.2) is 0 Å². The summed E-state index contributed by atoms with van der Waals surface area (Å²) >= 11 is 0. The summed E-state index contributed by atoms with van der Waals surface area (Å²) in [5, 5.41) is 6.86. The van der Waals surface area contributed by atoms with E-state index in [0.29, 0.717) is 6.04 Å². The average molecular weight is 423 g/mol. The largest absolute Gasteiger partial charge is 0.357 e. The van der Waals surface area contributed by atoms with E-state index in [1.54, 1.807) is 0 Å². The maximum atomic E-state index is 4.71. The van der Waals surface area contributed by atoms with E-state index >= 15 is 0 Å². The minimum absolute atomic E-state index is 0. The first-order valence-electron chi connectivity index (χ1n) is 8.64. The first kappa shape index (κ1) is 20.0. The van der Waals surface area contributed by atoms with Crippen LogP contribution in [-0.2, 0) is 0 Å². The average Bonchev–Trinajstić information content (AvgIpc) is 3.18. The molecular weight excluding hydrogens is 389 g/mol. The second kappa shape index (κ2) is 10.6. The van der Waals surface area contributed by atoms with Gasteiger partial charge >= 0.3 is 0 Å². The van der Waals surface area contributed by atoms with E-state index < -0.39 is 0 Å². The molecule has 6 heteroatoms. The molecule has 1 aliphatic carbocycles. The number of hydrogen-bond acceptors (Lipinski definition) is 3. The molecule has 0 radical (unpaired) electrons. The van der Waals surface area contributed by atoms with Crippen LogP contribution < -0.4 is 10.6 Å². The van der Waals surface area contributed by atoms with Gasteiger partial charge in [-0.3, -0.25) is 4.99 Å². The van der Waals surface area contributed by atoms with E-state index in [0.717, 1.165) is 31.4 Å². The summed E-state index contributed by atoms with van der Waals surface area (Å²) in [4.78, 5) is 9.73. The molecular formula is C16H34IN5. The summed E-state index contributed by atoms with van der Waals surface area (Å²) in [7, 11) is 2.22. The van der Waals surface area contributed by atoms with Crippen molar-refractivity contribution in [3.63, 3.8) is 0 Å². The van der Waals surface area contributed by atoms with Gasteiger partial charge in [-0.1, -0.05) is 6.92 Å². The molecule has 1 aliphatic heterocycles. The molecule has 130 valence electrons. The van der Waals surface area contributed by atoms with Gasteiger partial charge in [0.1, 0.15) is 0 Å². The minimum atomic E-state index is 0. The fourth-order valence-electron chi connectivity index (χ4n) is 2.83. The Labute approximate surface area is 153 Å². The second-order valence-electron chi connectivity index (χ2n) is 6.58. The van der Waals surface area contributed by atoms with Crippen LogP contribution in [0, 0.1) is 5.92 Å². The number of likely N-dealkylation sites (N-methyl/N-ethyl adjacent to an activating group) is 1. The van der Waals surface area contributed by atoms with Crippen LogP contribution in [-0.4, -0.2) is 74.7 Å². The lowest BCUT2D eigenvalue weighted by Gasteiger charge is -2.19. The molecule has 2 fully saturated rings. The molecule has 1 saturated carbocycles. The van der Waals surface area contributed by atoms with Gasteiger partial charge in [0, 0.05) is 32.2 Å². The Morgan fingerprint density at radius 1 is 1.23 bits per heavy atom. The molecule has 1 heterocycles. The predicted molar refractivity (Wildman–Crippen MR) is 105 cm³/mol. The molecule has 5 nitrogen and oxygen atoms in total. The minimum Gasteiger partial charge on any atom is -0.357 e. The number of aliphatic imine (C=N–C) groups is 1. The third-order valence-corrected chi connectivity index (χ3v) is 4.49. The summed E-state index contributed by atoms with van der Waals surface area (Å²) in [6.07, 6.45) is 3.73. The molecule has 2 aliphatic rings. The Kier molecular flexibility index (Phi) is 9.66. The van der Waals surface area contributed by atoms with E-state index in [2.05, 4.69) is 41.3 Å². The number of halogens is 1. The normalized spacial score (nSPS) is 27.0.